The van der Waals surface area contributed by atoms with Crippen LogP contribution in [0.5, 0.6) is 0 Å². The van der Waals surface area contributed by atoms with Crippen LogP contribution >= 0.6 is 0 Å². The second-order valence-corrected chi connectivity index (χ2v) is 9.91. The van der Waals surface area contributed by atoms with Crippen LogP contribution in [0.4, 0.5) is 10.1 Å². The fraction of sp³-hybridized carbons (Fsp3) is 0.364. The highest BCUT2D eigenvalue weighted by molar-refractivity contribution is 7.89. The van der Waals surface area contributed by atoms with Gasteiger partial charge in [-0.15, -0.1) is 0 Å². The Morgan fingerprint density at radius 3 is 2.48 bits per heavy atom. The van der Waals surface area contributed by atoms with E-state index in [1.54, 1.807) is 24.3 Å². The number of piperidine rings is 1. The van der Waals surface area contributed by atoms with Gasteiger partial charge >= 0.3 is 0 Å². The second kappa shape index (κ2) is 8.76. The summed E-state index contributed by atoms with van der Waals surface area (Å²) >= 11 is 0. The zero-order chi connectivity index (χ0) is 22.0. The van der Waals surface area contributed by atoms with Gasteiger partial charge in [-0.05, 0) is 68.1 Å². The lowest BCUT2D eigenvalue weighted by molar-refractivity contribution is -0.120. The third-order valence-electron chi connectivity index (χ3n) is 5.51. The van der Waals surface area contributed by atoms with Crippen molar-refractivity contribution in [3.8, 4) is 0 Å². The van der Waals surface area contributed by atoms with Crippen LogP contribution in [-0.4, -0.2) is 43.7 Å². The third kappa shape index (κ3) is 5.11. The van der Waals surface area contributed by atoms with Gasteiger partial charge in [0.1, 0.15) is 5.82 Å². The predicted octanol–water partition coefficient (Wildman–Crippen LogP) is 2.76. The van der Waals surface area contributed by atoms with Crippen LogP contribution in [0.25, 0.3) is 0 Å². The number of carbonyl (C=O) groups is 2. The number of halogens is 1. The highest BCUT2D eigenvalue weighted by Gasteiger charge is 2.33. The summed E-state index contributed by atoms with van der Waals surface area (Å²) in [6.45, 7) is 0.355. The van der Waals surface area contributed by atoms with Crippen molar-refractivity contribution in [2.75, 3.05) is 18.4 Å². The van der Waals surface area contributed by atoms with Crippen LogP contribution in [0, 0.1) is 11.7 Å². The van der Waals surface area contributed by atoms with Crippen molar-refractivity contribution >= 4 is 27.5 Å². The summed E-state index contributed by atoms with van der Waals surface area (Å²) in [6.07, 6.45) is 3.08. The molecule has 7 nitrogen and oxygen atoms in total. The fourth-order valence-electron chi connectivity index (χ4n) is 3.61. The number of amides is 2. The molecule has 0 bridgehead atoms. The number of nitrogens with zero attached hydrogens (tertiary/aromatic N) is 1. The molecule has 31 heavy (non-hydrogen) atoms. The molecule has 0 radical (unpaired) electrons. The first kappa shape index (κ1) is 21.5. The van der Waals surface area contributed by atoms with Gasteiger partial charge in [0.2, 0.25) is 15.9 Å². The van der Waals surface area contributed by atoms with E-state index < -0.39 is 21.8 Å². The van der Waals surface area contributed by atoms with Crippen LogP contribution in [0.15, 0.2) is 53.4 Å². The number of benzene rings is 2. The minimum atomic E-state index is -3.81. The van der Waals surface area contributed by atoms with Crippen LogP contribution in [0.3, 0.4) is 0 Å². The van der Waals surface area contributed by atoms with E-state index in [-0.39, 0.29) is 29.3 Å². The molecule has 164 valence electrons. The third-order valence-corrected chi connectivity index (χ3v) is 7.39. The molecule has 0 aromatic heterocycles. The molecule has 2 aliphatic rings. The number of hydrogen-bond acceptors (Lipinski definition) is 4. The molecule has 2 fully saturated rings. The summed E-state index contributed by atoms with van der Waals surface area (Å²) < 4.78 is 40.2. The first-order valence-electron chi connectivity index (χ1n) is 10.3. The average molecular weight is 446 g/mol. The van der Waals surface area contributed by atoms with Gasteiger partial charge in [-0.2, -0.15) is 4.31 Å². The molecule has 2 aromatic carbocycles. The Hall–Kier alpha value is -2.78. The summed E-state index contributed by atoms with van der Waals surface area (Å²) in [5, 5.41) is 5.71. The standard InChI is InChI=1S/C22H24FN3O4S/c23-17-6-10-20(11-7-17)31(29,30)26-12-2-4-16(14-26)22(28)25-19-5-1-3-15(13-19)21(27)24-18-8-9-18/h1,3,5-7,10-11,13,16,18H,2,4,8-9,12,14H2,(H,24,27)(H,25,28)/t16-/m1/s1. The normalized spacial score (nSPS) is 19.6. The van der Waals surface area contributed by atoms with Crippen molar-refractivity contribution in [3.05, 3.63) is 59.9 Å². The van der Waals surface area contributed by atoms with Crippen LogP contribution < -0.4 is 10.6 Å². The Morgan fingerprint density at radius 2 is 1.77 bits per heavy atom. The highest BCUT2D eigenvalue weighted by Crippen LogP contribution is 2.25. The highest BCUT2D eigenvalue weighted by atomic mass is 32.2. The van der Waals surface area contributed by atoms with E-state index in [0.29, 0.717) is 30.6 Å². The Morgan fingerprint density at radius 1 is 1.03 bits per heavy atom. The Bertz CT molecular complexity index is 1080. The molecule has 1 atom stereocenters. The number of rotatable bonds is 6. The second-order valence-electron chi connectivity index (χ2n) is 7.97. The number of nitrogens with one attached hydrogen (secondary N) is 2. The molecule has 2 amide bonds. The fourth-order valence-corrected chi connectivity index (χ4v) is 5.13. The molecule has 2 aromatic rings. The smallest absolute Gasteiger partial charge is 0.251 e. The lowest BCUT2D eigenvalue weighted by Gasteiger charge is -2.31. The van der Waals surface area contributed by atoms with E-state index in [9.17, 15) is 22.4 Å². The monoisotopic (exact) mass is 445 g/mol. The first-order valence-corrected chi connectivity index (χ1v) is 11.7. The molecule has 1 aliphatic carbocycles. The molecule has 9 heteroatoms. The maximum absolute atomic E-state index is 13.1. The Labute approximate surface area is 180 Å². The average Bonchev–Trinajstić information content (AvgIpc) is 3.58. The van der Waals surface area contributed by atoms with Gasteiger partial charge < -0.3 is 10.6 Å². The van der Waals surface area contributed by atoms with Gasteiger partial charge in [0.05, 0.1) is 10.8 Å². The molecule has 1 aliphatic heterocycles. The van der Waals surface area contributed by atoms with Crippen molar-refractivity contribution < 1.29 is 22.4 Å². The van der Waals surface area contributed by atoms with E-state index in [0.717, 1.165) is 25.0 Å². The largest absolute Gasteiger partial charge is 0.349 e. The molecular formula is C22H24FN3O4S. The van der Waals surface area contributed by atoms with Crippen LogP contribution in [0.2, 0.25) is 0 Å². The van der Waals surface area contributed by atoms with E-state index in [1.807, 2.05) is 0 Å². The first-order chi connectivity index (χ1) is 14.8. The molecule has 0 spiro atoms. The van der Waals surface area contributed by atoms with E-state index in [1.165, 1.54) is 16.4 Å². The molecule has 0 unspecified atom stereocenters. The van der Waals surface area contributed by atoms with Gasteiger partial charge in [-0.25, -0.2) is 12.8 Å². The number of anilines is 1. The number of carbonyl (C=O) groups excluding carboxylic acids is 2. The summed E-state index contributed by atoms with van der Waals surface area (Å²) in [4.78, 5) is 25.0. The molecule has 1 saturated heterocycles. The van der Waals surface area contributed by atoms with Crippen molar-refractivity contribution in [1.29, 1.82) is 0 Å². The minimum absolute atomic E-state index is 0.00401. The lowest BCUT2D eigenvalue weighted by Crippen LogP contribution is -2.43. The summed E-state index contributed by atoms with van der Waals surface area (Å²) in [5.74, 6) is -1.50. The number of hydrogen-bond donors (Lipinski definition) is 2. The molecule has 1 heterocycles. The molecule has 4 rings (SSSR count). The maximum atomic E-state index is 13.1. The van der Waals surface area contributed by atoms with E-state index >= 15 is 0 Å². The lowest BCUT2D eigenvalue weighted by atomic mass is 9.98. The molecule has 2 N–H and O–H groups in total. The van der Waals surface area contributed by atoms with Crippen LogP contribution in [0.1, 0.15) is 36.0 Å². The Kier molecular flexibility index (Phi) is 6.06. The topological polar surface area (TPSA) is 95.6 Å². The minimum Gasteiger partial charge on any atom is -0.349 e. The van der Waals surface area contributed by atoms with Gasteiger partial charge in [0.15, 0.2) is 0 Å². The summed E-state index contributed by atoms with van der Waals surface area (Å²) in [5.41, 5.74) is 0.959. The van der Waals surface area contributed by atoms with Crippen molar-refractivity contribution in [2.24, 2.45) is 5.92 Å². The maximum Gasteiger partial charge on any atom is 0.251 e. The predicted molar refractivity (Wildman–Crippen MR) is 113 cm³/mol. The van der Waals surface area contributed by atoms with Gasteiger partial charge in [0.25, 0.3) is 5.91 Å². The van der Waals surface area contributed by atoms with Crippen molar-refractivity contribution in [1.82, 2.24) is 9.62 Å². The summed E-state index contributed by atoms with van der Waals surface area (Å²) in [7, 11) is -3.81. The van der Waals surface area contributed by atoms with Gasteiger partial charge in [-0.1, -0.05) is 6.07 Å². The van der Waals surface area contributed by atoms with Crippen LogP contribution in [-0.2, 0) is 14.8 Å². The zero-order valence-corrected chi connectivity index (χ0v) is 17.7. The van der Waals surface area contributed by atoms with Crippen molar-refractivity contribution in [2.45, 2.75) is 36.6 Å². The zero-order valence-electron chi connectivity index (χ0n) is 16.9. The van der Waals surface area contributed by atoms with Crippen molar-refractivity contribution in [3.63, 3.8) is 0 Å². The number of sulfonamides is 1. The van der Waals surface area contributed by atoms with Gasteiger partial charge in [-0.3, -0.25) is 9.59 Å². The quantitative estimate of drug-likeness (QED) is 0.715. The Balaban J connectivity index is 1.42. The SMILES string of the molecule is O=C(NC1CC1)c1cccc(NC(=O)[C@@H]2CCCN(S(=O)(=O)c3ccc(F)cc3)C2)c1. The molecule has 1 saturated carbocycles. The molecular weight excluding hydrogens is 421 g/mol. The van der Waals surface area contributed by atoms with Gasteiger partial charge in [0, 0.05) is 30.4 Å². The summed E-state index contributed by atoms with van der Waals surface area (Å²) in [6, 6.07) is 11.6. The van der Waals surface area contributed by atoms with E-state index in [4.69, 9.17) is 0 Å². The van der Waals surface area contributed by atoms with E-state index in [2.05, 4.69) is 10.6 Å².